The van der Waals surface area contributed by atoms with Crippen molar-refractivity contribution in [1.82, 2.24) is 0 Å². The van der Waals surface area contributed by atoms with E-state index in [1.807, 2.05) is 72.8 Å². The zero-order chi connectivity index (χ0) is 17.5. The van der Waals surface area contributed by atoms with E-state index < -0.39 is 0 Å². The summed E-state index contributed by atoms with van der Waals surface area (Å²) in [6, 6.07) is 22.7. The van der Waals surface area contributed by atoms with Crippen molar-refractivity contribution in [3.8, 4) is 5.75 Å². The Morgan fingerprint density at radius 3 is 2.28 bits per heavy atom. The van der Waals surface area contributed by atoms with Gasteiger partial charge in [-0.25, -0.2) is 0 Å². The summed E-state index contributed by atoms with van der Waals surface area (Å²) in [7, 11) is 0. The van der Waals surface area contributed by atoms with Gasteiger partial charge in [-0.15, -0.1) is 0 Å². The highest BCUT2D eigenvalue weighted by molar-refractivity contribution is 6.30. The maximum atomic E-state index is 5.88. The molecule has 5 heteroatoms. The summed E-state index contributed by atoms with van der Waals surface area (Å²) in [5.74, 6) is 0.783. The molecule has 0 unspecified atom stereocenters. The minimum atomic E-state index is 0.487. The zero-order valence-electron chi connectivity index (χ0n) is 13.3. The average molecular weight is 371 g/mol. The number of benzene rings is 3. The predicted octanol–water partition coefficient (Wildman–Crippen LogP) is 6.02. The number of anilines is 1. The average Bonchev–Trinajstić information content (AvgIpc) is 2.63. The summed E-state index contributed by atoms with van der Waals surface area (Å²) < 4.78 is 5.81. The fourth-order valence-corrected chi connectivity index (χ4v) is 2.39. The van der Waals surface area contributed by atoms with Crippen molar-refractivity contribution < 1.29 is 4.74 Å². The van der Waals surface area contributed by atoms with E-state index in [0.29, 0.717) is 11.6 Å². The summed E-state index contributed by atoms with van der Waals surface area (Å²) in [4.78, 5) is 0. The van der Waals surface area contributed by atoms with Crippen molar-refractivity contribution in [1.29, 1.82) is 0 Å². The highest BCUT2D eigenvalue weighted by Gasteiger charge is 1.98. The second kappa shape index (κ2) is 8.56. The fraction of sp³-hybridized carbons (Fsp3) is 0.0500. The summed E-state index contributed by atoms with van der Waals surface area (Å²) >= 11 is 11.7. The molecule has 3 nitrogen and oxygen atoms in total. The standard InChI is InChI=1S/C20H16Cl2N2O/c21-17-6-4-15(5-7-17)14-25-20-3-1-2-16(12-20)13-23-24-19-10-8-18(22)9-11-19/h1-13,24H,14H2/b23-13+. The van der Waals surface area contributed by atoms with Crippen LogP contribution < -0.4 is 10.2 Å². The zero-order valence-corrected chi connectivity index (χ0v) is 14.8. The van der Waals surface area contributed by atoms with Crippen LogP contribution in [0.1, 0.15) is 11.1 Å². The molecule has 0 saturated carbocycles. The molecule has 0 spiro atoms. The molecule has 1 N–H and O–H groups in total. The molecule has 0 aliphatic rings. The molecule has 3 aromatic rings. The van der Waals surface area contributed by atoms with Gasteiger partial charge in [0.15, 0.2) is 0 Å². The van der Waals surface area contributed by atoms with E-state index in [4.69, 9.17) is 27.9 Å². The van der Waals surface area contributed by atoms with Gasteiger partial charge >= 0.3 is 0 Å². The van der Waals surface area contributed by atoms with Crippen LogP contribution in [-0.4, -0.2) is 6.21 Å². The Balaban J connectivity index is 1.58. The number of hydrazone groups is 1. The van der Waals surface area contributed by atoms with Gasteiger partial charge in [0.2, 0.25) is 0 Å². The molecule has 0 saturated heterocycles. The van der Waals surface area contributed by atoms with E-state index in [0.717, 1.165) is 27.6 Å². The lowest BCUT2D eigenvalue weighted by Crippen LogP contribution is -1.96. The Morgan fingerprint density at radius 1 is 0.880 bits per heavy atom. The third-order valence-corrected chi connectivity index (χ3v) is 3.93. The number of nitrogens with one attached hydrogen (secondary N) is 1. The van der Waals surface area contributed by atoms with Gasteiger partial charge in [0.05, 0.1) is 11.9 Å². The Hall–Kier alpha value is -2.49. The second-order valence-corrected chi connectivity index (χ2v) is 6.24. The fourth-order valence-electron chi connectivity index (χ4n) is 2.14. The van der Waals surface area contributed by atoms with Crippen LogP contribution in [0.4, 0.5) is 5.69 Å². The summed E-state index contributed by atoms with van der Waals surface area (Å²) in [6.07, 6.45) is 1.74. The topological polar surface area (TPSA) is 33.6 Å². The smallest absolute Gasteiger partial charge is 0.120 e. The van der Waals surface area contributed by atoms with E-state index in [-0.39, 0.29) is 0 Å². The molecular weight excluding hydrogens is 355 g/mol. The number of halogens is 2. The first-order valence-electron chi connectivity index (χ1n) is 7.71. The Kier molecular flexibility index (Phi) is 5.94. The molecule has 0 atom stereocenters. The SMILES string of the molecule is Clc1ccc(COc2cccc(/C=N/Nc3ccc(Cl)cc3)c2)cc1. The van der Waals surface area contributed by atoms with Crippen LogP contribution in [0.15, 0.2) is 77.9 Å². The predicted molar refractivity (Wildman–Crippen MR) is 105 cm³/mol. The maximum absolute atomic E-state index is 5.88. The molecular formula is C20H16Cl2N2O. The molecule has 3 rings (SSSR count). The van der Waals surface area contributed by atoms with Crippen molar-refractivity contribution in [2.75, 3.05) is 5.43 Å². The minimum absolute atomic E-state index is 0.487. The quantitative estimate of drug-likeness (QED) is 0.425. The van der Waals surface area contributed by atoms with E-state index in [1.54, 1.807) is 6.21 Å². The molecule has 0 aliphatic carbocycles. The van der Waals surface area contributed by atoms with E-state index in [1.165, 1.54) is 0 Å². The molecule has 0 radical (unpaired) electrons. The highest BCUT2D eigenvalue weighted by atomic mass is 35.5. The van der Waals surface area contributed by atoms with Gasteiger partial charge in [-0.2, -0.15) is 5.10 Å². The van der Waals surface area contributed by atoms with Gasteiger partial charge in [0.25, 0.3) is 0 Å². The van der Waals surface area contributed by atoms with E-state index in [2.05, 4.69) is 10.5 Å². The lowest BCUT2D eigenvalue weighted by Gasteiger charge is -2.07. The van der Waals surface area contributed by atoms with Gasteiger partial charge in [-0.3, -0.25) is 5.43 Å². The number of ether oxygens (including phenoxy) is 1. The molecule has 0 bridgehead atoms. The van der Waals surface area contributed by atoms with Crippen molar-refractivity contribution >= 4 is 35.1 Å². The molecule has 0 aromatic heterocycles. The lowest BCUT2D eigenvalue weighted by atomic mass is 10.2. The van der Waals surface area contributed by atoms with Crippen LogP contribution >= 0.6 is 23.2 Å². The molecule has 25 heavy (non-hydrogen) atoms. The second-order valence-electron chi connectivity index (χ2n) is 5.36. The summed E-state index contributed by atoms with van der Waals surface area (Å²) in [5, 5.41) is 5.63. The molecule has 0 amide bonds. The van der Waals surface area contributed by atoms with Gasteiger partial charge < -0.3 is 4.74 Å². The molecule has 0 fully saturated rings. The third kappa shape index (κ3) is 5.52. The van der Waals surface area contributed by atoms with Crippen molar-refractivity contribution in [2.24, 2.45) is 5.10 Å². The van der Waals surface area contributed by atoms with E-state index in [9.17, 15) is 0 Å². The Bertz CT molecular complexity index is 846. The van der Waals surface area contributed by atoms with Crippen LogP contribution in [0.2, 0.25) is 10.0 Å². The monoisotopic (exact) mass is 370 g/mol. The molecule has 3 aromatic carbocycles. The first-order valence-corrected chi connectivity index (χ1v) is 8.46. The van der Waals surface area contributed by atoms with Crippen LogP contribution in [0.3, 0.4) is 0 Å². The van der Waals surface area contributed by atoms with Gasteiger partial charge in [-0.1, -0.05) is 47.5 Å². The Labute approximate surface area is 156 Å². The minimum Gasteiger partial charge on any atom is -0.489 e. The van der Waals surface area contributed by atoms with Crippen molar-refractivity contribution in [3.05, 3.63) is 94.0 Å². The normalized spacial score (nSPS) is 10.8. The molecule has 126 valence electrons. The maximum Gasteiger partial charge on any atom is 0.120 e. The number of nitrogens with zero attached hydrogens (tertiary/aromatic N) is 1. The van der Waals surface area contributed by atoms with E-state index >= 15 is 0 Å². The first kappa shape index (κ1) is 17.3. The molecule has 0 aliphatic heterocycles. The lowest BCUT2D eigenvalue weighted by molar-refractivity contribution is 0.306. The number of hydrogen-bond acceptors (Lipinski definition) is 3. The van der Waals surface area contributed by atoms with Crippen LogP contribution in [0.25, 0.3) is 0 Å². The summed E-state index contributed by atoms with van der Waals surface area (Å²) in [6.45, 7) is 0.487. The highest BCUT2D eigenvalue weighted by Crippen LogP contribution is 2.16. The van der Waals surface area contributed by atoms with Gasteiger partial charge in [-0.05, 0) is 59.7 Å². The first-order chi connectivity index (χ1) is 12.2. The number of rotatable bonds is 6. The Morgan fingerprint density at radius 2 is 1.56 bits per heavy atom. The van der Waals surface area contributed by atoms with Gasteiger partial charge in [0, 0.05) is 10.0 Å². The number of hydrogen-bond donors (Lipinski definition) is 1. The van der Waals surface area contributed by atoms with Crippen LogP contribution in [0, 0.1) is 0 Å². The van der Waals surface area contributed by atoms with Crippen molar-refractivity contribution in [2.45, 2.75) is 6.61 Å². The molecule has 0 heterocycles. The third-order valence-electron chi connectivity index (χ3n) is 3.43. The largest absolute Gasteiger partial charge is 0.489 e. The van der Waals surface area contributed by atoms with Crippen LogP contribution in [-0.2, 0) is 6.61 Å². The van der Waals surface area contributed by atoms with Crippen molar-refractivity contribution in [3.63, 3.8) is 0 Å². The van der Waals surface area contributed by atoms with Crippen LogP contribution in [0.5, 0.6) is 5.75 Å². The summed E-state index contributed by atoms with van der Waals surface area (Å²) in [5.41, 5.74) is 5.83. The van der Waals surface area contributed by atoms with Gasteiger partial charge in [0.1, 0.15) is 12.4 Å².